The van der Waals surface area contributed by atoms with E-state index in [0.29, 0.717) is 64.6 Å². The normalized spacial score (nSPS) is 15.3. The van der Waals surface area contributed by atoms with Crippen LogP contribution in [0, 0.1) is 53.3 Å². The monoisotopic (exact) mass is 1870 g/mol. The Morgan fingerprint density at radius 2 is 0.781 bits per heavy atom. The van der Waals surface area contributed by atoms with Gasteiger partial charge in [-0.05, 0) is 244 Å². The Morgan fingerprint density at radius 1 is 0.343 bits per heavy atom. The van der Waals surface area contributed by atoms with Gasteiger partial charge in [-0.25, -0.2) is 19.9 Å². The van der Waals surface area contributed by atoms with Crippen molar-refractivity contribution in [1.82, 2.24) is 39.9 Å². The van der Waals surface area contributed by atoms with E-state index in [2.05, 4.69) is 376 Å². The minimum absolute atomic E-state index is 0.383. The van der Waals surface area contributed by atoms with Gasteiger partial charge in [-0.1, -0.05) is 240 Å². The summed E-state index contributed by atoms with van der Waals surface area (Å²) in [5, 5.41) is 6.75. The molecule has 2 atom stereocenters. The summed E-state index contributed by atoms with van der Waals surface area (Å²) in [7, 11) is 0. The second kappa shape index (κ2) is 39.7. The minimum atomic E-state index is 0.383. The van der Waals surface area contributed by atoms with Crippen LogP contribution in [-0.4, -0.2) is 79.5 Å². The number of H-pyrrole nitrogens is 4. The molecule has 0 saturated carbocycles. The number of aromatic nitrogens is 8. The molecule has 137 heavy (non-hydrogen) atoms. The molecule has 0 bridgehead atoms. The number of nitrogens with zero attached hydrogens (tertiary/aromatic N) is 10. The standard InChI is InChI=1S/C26H28N2S.2C25H25N3S.C22H21N3.C21H21N3S/c1-15(2)23-11-20(14-27-23)18-7-5-17(6-8-18)19-9-10-21-22-13-24(16(3)4)28-26(22)29-25(21)12-19;2*1-14(2)20-10-18-9-19-11-23(29-24(19)12-21(18)27-20)17-7-5-16(6-8-17)22-13-26-25(28-22)15(3)4;1-4-19-11-18-10-17-9-15(5-7-16(17)12-21(18)24-19)6-8-20-13-23-22(25-20)14(2)3;1-12(2)18-9-14-7-15-8-17(25-20(15)10-19(14)24-18)6-5-16-11-22-21(23-16)13(3)4/h5-10,12,14-16,22,26H,11,13H2,1-4H3;2*5-9,11-15H,10H2,1-4H3,(H,26,28);5,7,9-10,12-14H,4,11H2,1-3H3,(H,23,25);7-8,10-13H,9H2,1-4H3,(H,22,23). The molecule has 0 amide bonds. The molecule has 16 aromatic rings. The van der Waals surface area contributed by atoms with Crippen molar-refractivity contribution in [2.75, 3.05) is 0 Å². The summed E-state index contributed by atoms with van der Waals surface area (Å²) >= 11 is 7.37. The van der Waals surface area contributed by atoms with Crippen LogP contribution in [0.4, 0.5) is 22.7 Å². The molecule has 7 aliphatic heterocycles. The fourth-order valence-corrected chi connectivity index (χ4v) is 22.7. The predicted molar refractivity (Wildman–Crippen MR) is 585 cm³/mol. The maximum absolute atomic E-state index is 5.00. The first kappa shape index (κ1) is 93.2. The maximum atomic E-state index is 5.00. The molecule has 14 heterocycles. The number of thiophene rings is 3. The zero-order valence-electron chi connectivity index (χ0n) is 82.0. The van der Waals surface area contributed by atoms with Crippen molar-refractivity contribution >= 4 is 149 Å². The third kappa shape index (κ3) is 20.6. The van der Waals surface area contributed by atoms with Crippen molar-refractivity contribution in [2.45, 2.75) is 216 Å². The summed E-state index contributed by atoms with van der Waals surface area (Å²) in [6.07, 6.45) is 16.6. The van der Waals surface area contributed by atoms with Crippen molar-refractivity contribution in [3.63, 3.8) is 0 Å². The summed E-state index contributed by atoms with van der Waals surface area (Å²) in [5.74, 6) is 21.7. The van der Waals surface area contributed by atoms with Crippen molar-refractivity contribution in [2.24, 2.45) is 59.5 Å². The number of nitrogens with one attached hydrogen (secondary N) is 4. The minimum Gasteiger partial charge on any atom is -0.342 e. The van der Waals surface area contributed by atoms with E-state index < -0.39 is 0 Å². The number of imidazole rings is 4. The van der Waals surface area contributed by atoms with Crippen LogP contribution in [-0.2, 0) is 25.7 Å². The lowest BCUT2D eigenvalue weighted by Crippen LogP contribution is -2.06. The van der Waals surface area contributed by atoms with E-state index in [1.165, 1.54) is 162 Å². The van der Waals surface area contributed by atoms with Gasteiger partial charge in [0.25, 0.3) is 0 Å². The summed E-state index contributed by atoms with van der Waals surface area (Å²) in [6, 6.07) is 64.8. The number of aromatic amines is 4. The van der Waals surface area contributed by atoms with Gasteiger partial charge < -0.3 is 19.9 Å². The Labute approximate surface area is 822 Å². The number of benzene rings is 9. The first-order valence-electron chi connectivity index (χ1n) is 48.8. The molecule has 7 aromatic heterocycles. The zero-order chi connectivity index (χ0) is 95.3. The topological polar surface area (TPSA) is 189 Å². The molecule has 0 saturated heterocycles. The molecule has 7 aliphatic rings. The number of thioether (sulfide) groups is 1. The van der Waals surface area contributed by atoms with Crippen LogP contribution < -0.4 is 0 Å². The zero-order valence-corrected chi connectivity index (χ0v) is 85.3. The summed E-state index contributed by atoms with van der Waals surface area (Å²) in [6.45, 7) is 41.5. The van der Waals surface area contributed by atoms with Crippen molar-refractivity contribution < 1.29 is 0 Å². The van der Waals surface area contributed by atoms with Crippen LogP contribution in [0.15, 0.2) is 242 Å². The highest BCUT2D eigenvalue weighted by Gasteiger charge is 2.39. The average molecular weight is 1870 g/mol. The first-order valence-corrected chi connectivity index (χ1v) is 52.1. The Morgan fingerprint density at radius 3 is 1.26 bits per heavy atom. The summed E-state index contributed by atoms with van der Waals surface area (Å²) in [5.41, 5.74) is 34.2. The van der Waals surface area contributed by atoms with E-state index in [9.17, 15) is 0 Å². The van der Waals surface area contributed by atoms with E-state index in [1.54, 1.807) is 17.5 Å². The molecule has 2 unspecified atom stereocenters. The van der Waals surface area contributed by atoms with Crippen LogP contribution in [0.25, 0.3) is 101 Å². The number of hydrogen-bond donors (Lipinski definition) is 4. The van der Waals surface area contributed by atoms with Crippen LogP contribution >= 0.6 is 45.8 Å². The van der Waals surface area contributed by atoms with Gasteiger partial charge in [-0.2, -0.15) is 0 Å². The molecular weight excluding hydrogens is 1750 g/mol. The number of fused-ring (bicyclic) bond motifs is 11. The Balaban J connectivity index is 0.000000110. The lowest BCUT2D eigenvalue weighted by Gasteiger charge is -2.11. The quantitative estimate of drug-likeness (QED) is 0.0699. The Bertz CT molecular complexity index is 7470. The molecule has 690 valence electrons. The van der Waals surface area contributed by atoms with Gasteiger partial charge in [0.2, 0.25) is 0 Å². The Kier molecular flexibility index (Phi) is 27.0. The maximum Gasteiger partial charge on any atom is 0.110 e. The highest BCUT2D eigenvalue weighted by Crippen LogP contribution is 2.53. The predicted octanol–water partition coefficient (Wildman–Crippen LogP) is 32.5. The highest BCUT2D eigenvalue weighted by atomic mass is 32.2. The summed E-state index contributed by atoms with van der Waals surface area (Å²) in [4.78, 5) is 65.0. The third-order valence-electron chi connectivity index (χ3n) is 26.8. The summed E-state index contributed by atoms with van der Waals surface area (Å²) < 4.78 is 3.88. The molecule has 0 aliphatic carbocycles. The van der Waals surface area contributed by atoms with E-state index in [1.807, 2.05) is 59.2 Å². The molecule has 0 spiro atoms. The fraction of sp³-hybridized carbons (Fsp3) is 0.311. The van der Waals surface area contributed by atoms with Gasteiger partial charge in [-0.3, -0.25) is 30.0 Å². The number of aliphatic imine (C=N–C) groups is 6. The molecule has 14 nitrogen and oxygen atoms in total. The van der Waals surface area contributed by atoms with Crippen LogP contribution in [0.2, 0.25) is 0 Å². The number of allylic oxidation sites excluding steroid dienone is 1. The third-order valence-corrected chi connectivity index (χ3v) is 31.4. The van der Waals surface area contributed by atoms with Gasteiger partial charge in [0.15, 0.2) is 0 Å². The van der Waals surface area contributed by atoms with Gasteiger partial charge in [0.05, 0.1) is 63.8 Å². The lowest BCUT2D eigenvalue weighted by atomic mass is 9.91. The molecular formula is C119H120N14S4. The largest absolute Gasteiger partial charge is 0.342 e. The SMILES string of the molecule is CC(C)C1=NC=C(c2ccc(-c3ccc4c(c3)SC3N=C(C(C)C)CC43)cc2)C1.CC(C)C1=Nc2cc3sc(-c4ccc(-c5cnc(C(C)C)[nH]5)cc4)cc3cc2C1.CC(C)C1=Nc2cc3sc(-c4ccc(-c5cnc(C(C)C)[nH]5)cc4)cc3cc2C1.CC(C)C1=Nc2cc3sc(C#Cc4cnc(C(C)C)[nH]4)cc3cc2C1.CCC1=Nc2cc3ccc(C#Cc4cnc(C(C)C)[nH]4)cc3cc2C1. The smallest absolute Gasteiger partial charge is 0.110 e. The second-order valence-corrected chi connectivity index (χ2v) is 44.4. The van der Waals surface area contributed by atoms with E-state index in [4.69, 9.17) is 25.0 Å². The second-order valence-electron chi connectivity index (χ2n) is 40.0. The molecule has 0 fully saturated rings. The Hall–Kier alpha value is -12.8. The van der Waals surface area contributed by atoms with Gasteiger partial charge in [0.1, 0.15) is 40.1 Å². The van der Waals surface area contributed by atoms with Gasteiger partial charge in [-0.15, -0.1) is 34.0 Å². The van der Waals surface area contributed by atoms with Crippen LogP contribution in [0.3, 0.4) is 0 Å². The molecule has 18 heteroatoms. The van der Waals surface area contributed by atoms with Gasteiger partial charge in [0, 0.05) is 136 Å². The van der Waals surface area contributed by atoms with Crippen molar-refractivity contribution in [3.05, 3.63) is 285 Å². The van der Waals surface area contributed by atoms with E-state index in [-0.39, 0.29) is 0 Å². The lowest BCUT2D eigenvalue weighted by molar-refractivity contribution is 0.739. The first-order chi connectivity index (χ1) is 66.0. The van der Waals surface area contributed by atoms with E-state index >= 15 is 0 Å². The highest BCUT2D eigenvalue weighted by molar-refractivity contribution is 8.00. The van der Waals surface area contributed by atoms with Crippen LogP contribution in [0.1, 0.15) is 259 Å². The molecule has 4 N–H and O–H groups in total. The number of hydrogen-bond acceptors (Lipinski definition) is 14. The fourth-order valence-electron chi connectivity index (χ4n) is 18.2. The molecule has 0 radical (unpaired) electrons. The van der Waals surface area contributed by atoms with Crippen LogP contribution in [0.5, 0.6) is 0 Å². The molecule has 9 aromatic carbocycles. The van der Waals surface area contributed by atoms with E-state index in [0.717, 1.165) is 124 Å². The van der Waals surface area contributed by atoms with Crippen molar-refractivity contribution in [1.29, 1.82) is 0 Å². The van der Waals surface area contributed by atoms with Gasteiger partial charge >= 0.3 is 0 Å². The average Bonchev–Trinajstić information content (AvgIpc) is 1.36. The van der Waals surface area contributed by atoms with Crippen molar-refractivity contribution in [3.8, 4) is 78.2 Å². The number of rotatable bonds is 16. The molecule has 23 rings (SSSR count).